The van der Waals surface area contributed by atoms with Crippen LogP contribution in [0, 0.1) is 0 Å². The lowest BCUT2D eigenvalue weighted by Gasteiger charge is -2.29. The summed E-state index contributed by atoms with van der Waals surface area (Å²) in [5.41, 5.74) is -1.41. The molecular weight excluding hydrogens is 809 g/mol. The summed E-state index contributed by atoms with van der Waals surface area (Å²) in [6.07, 6.45) is 32.3. The maximum absolute atomic E-state index is 13.6. The number of ether oxygens (including phenoxy) is 2. The number of aliphatic hydroxyl groups excluding tert-OH is 2. The molecule has 376 valence electrons. The van der Waals surface area contributed by atoms with Crippen molar-refractivity contribution in [2.45, 2.75) is 284 Å². The van der Waals surface area contributed by atoms with E-state index in [4.69, 9.17) is 9.47 Å². The van der Waals surface area contributed by atoms with E-state index >= 15 is 0 Å². The molecule has 0 aliphatic heterocycles. The highest BCUT2D eigenvalue weighted by Gasteiger charge is 2.30. The number of carbonyl (C=O) groups is 4. The van der Waals surface area contributed by atoms with Crippen molar-refractivity contribution in [2.24, 2.45) is 0 Å². The van der Waals surface area contributed by atoms with Crippen LogP contribution in [0.5, 0.6) is 0 Å². The van der Waals surface area contributed by atoms with Crippen molar-refractivity contribution in [1.29, 1.82) is 0 Å². The number of carbonyl (C=O) groups excluding carboxylic acids is 4. The van der Waals surface area contributed by atoms with E-state index in [0.29, 0.717) is 32.2 Å². The third kappa shape index (κ3) is 39.5. The molecule has 12 nitrogen and oxygen atoms in total. The van der Waals surface area contributed by atoms with Crippen molar-refractivity contribution < 1.29 is 38.9 Å². The van der Waals surface area contributed by atoms with Gasteiger partial charge in [-0.1, -0.05) is 154 Å². The molecule has 0 saturated heterocycles. The SMILES string of the molecule is CCCCCCCC/C=C\CCCCCCCC(=O)N[C@@H](CNC(=O)C(CCCCNC(=O)OC(C)(C)C)NC(=O)OC(C)(C)C)[C@H](O)[C@H](O)CCCCCCCCCCCCCC. The molecule has 0 rings (SSSR count). The van der Waals surface area contributed by atoms with Crippen LogP contribution in [0.4, 0.5) is 9.59 Å². The minimum Gasteiger partial charge on any atom is -0.444 e. The van der Waals surface area contributed by atoms with Crippen LogP contribution in [-0.4, -0.2) is 82.8 Å². The molecule has 0 spiro atoms. The number of hydrogen-bond donors (Lipinski definition) is 6. The smallest absolute Gasteiger partial charge is 0.408 e. The number of rotatable bonds is 40. The van der Waals surface area contributed by atoms with Crippen LogP contribution in [0.3, 0.4) is 0 Å². The predicted octanol–water partition coefficient (Wildman–Crippen LogP) is 12.0. The Morgan fingerprint density at radius 1 is 0.516 bits per heavy atom. The quantitative estimate of drug-likeness (QED) is 0.0260. The average molecular weight is 909 g/mol. The fourth-order valence-corrected chi connectivity index (χ4v) is 7.56. The van der Waals surface area contributed by atoms with Gasteiger partial charge in [0.1, 0.15) is 23.3 Å². The summed E-state index contributed by atoms with van der Waals surface area (Å²) in [5, 5.41) is 33.6. The Bertz CT molecular complexity index is 1200. The molecule has 0 heterocycles. The fourth-order valence-electron chi connectivity index (χ4n) is 7.56. The Balaban J connectivity index is 5.27. The average Bonchev–Trinajstić information content (AvgIpc) is 3.21. The number of alkyl carbamates (subject to hydrolysis) is 2. The summed E-state index contributed by atoms with van der Waals surface area (Å²) in [4.78, 5) is 51.7. The highest BCUT2D eigenvalue weighted by Crippen LogP contribution is 2.16. The Morgan fingerprint density at radius 2 is 0.953 bits per heavy atom. The van der Waals surface area contributed by atoms with Crippen LogP contribution in [0.1, 0.15) is 248 Å². The number of hydrogen-bond acceptors (Lipinski definition) is 8. The van der Waals surface area contributed by atoms with Gasteiger partial charge in [0.15, 0.2) is 0 Å². The highest BCUT2D eigenvalue weighted by molar-refractivity contribution is 5.85. The maximum Gasteiger partial charge on any atom is 0.408 e. The predicted molar refractivity (Wildman–Crippen MR) is 263 cm³/mol. The lowest BCUT2D eigenvalue weighted by atomic mass is 9.98. The molecule has 0 aromatic rings. The molecule has 0 radical (unpaired) electrons. The molecule has 0 saturated carbocycles. The van der Waals surface area contributed by atoms with Crippen LogP contribution in [0.25, 0.3) is 0 Å². The normalized spacial score (nSPS) is 13.8. The molecule has 0 fully saturated rings. The van der Waals surface area contributed by atoms with Gasteiger partial charge in [0.2, 0.25) is 11.8 Å². The van der Waals surface area contributed by atoms with E-state index in [1.807, 2.05) is 0 Å². The zero-order valence-corrected chi connectivity index (χ0v) is 42.4. The van der Waals surface area contributed by atoms with Crippen LogP contribution < -0.4 is 21.3 Å². The van der Waals surface area contributed by atoms with Crippen molar-refractivity contribution >= 4 is 24.0 Å². The summed E-state index contributed by atoms with van der Waals surface area (Å²) in [5.74, 6) is -0.750. The Morgan fingerprint density at radius 3 is 1.45 bits per heavy atom. The minimum absolute atomic E-state index is 0.139. The van der Waals surface area contributed by atoms with E-state index in [1.54, 1.807) is 41.5 Å². The van der Waals surface area contributed by atoms with Crippen molar-refractivity contribution in [2.75, 3.05) is 13.1 Å². The van der Waals surface area contributed by atoms with Crippen LogP contribution in [-0.2, 0) is 19.1 Å². The van der Waals surface area contributed by atoms with Gasteiger partial charge >= 0.3 is 12.2 Å². The molecule has 6 N–H and O–H groups in total. The summed E-state index contributed by atoms with van der Waals surface area (Å²) in [6, 6.07) is -1.92. The van der Waals surface area contributed by atoms with Crippen molar-refractivity contribution in [3.8, 4) is 0 Å². The first kappa shape index (κ1) is 61.1. The molecule has 4 atom stereocenters. The van der Waals surface area contributed by atoms with Gasteiger partial charge < -0.3 is 41.0 Å². The Kier molecular flexibility index (Phi) is 37.6. The molecule has 0 aliphatic carbocycles. The number of amides is 4. The van der Waals surface area contributed by atoms with Gasteiger partial charge in [-0.15, -0.1) is 0 Å². The van der Waals surface area contributed by atoms with Crippen LogP contribution >= 0.6 is 0 Å². The fraction of sp³-hybridized carbons (Fsp3) is 0.885. The highest BCUT2D eigenvalue weighted by atomic mass is 16.6. The summed E-state index contributed by atoms with van der Waals surface area (Å²) >= 11 is 0. The maximum atomic E-state index is 13.6. The lowest BCUT2D eigenvalue weighted by Crippen LogP contribution is -2.56. The van der Waals surface area contributed by atoms with Gasteiger partial charge in [0, 0.05) is 19.5 Å². The van der Waals surface area contributed by atoms with Gasteiger partial charge in [-0.25, -0.2) is 9.59 Å². The minimum atomic E-state index is -1.30. The third-order valence-electron chi connectivity index (χ3n) is 11.3. The zero-order chi connectivity index (χ0) is 47.9. The molecule has 1 unspecified atom stereocenters. The summed E-state index contributed by atoms with van der Waals surface area (Å²) in [7, 11) is 0. The van der Waals surface area contributed by atoms with E-state index < -0.39 is 53.6 Å². The van der Waals surface area contributed by atoms with E-state index in [-0.39, 0.29) is 25.3 Å². The first-order valence-corrected chi connectivity index (χ1v) is 26.0. The lowest BCUT2D eigenvalue weighted by molar-refractivity contribution is -0.126. The van der Waals surface area contributed by atoms with E-state index in [1.165, 1.54) is 89.9 Å². The van der Waals surface area contributed by atoms with Crippen molar-refractivity contribution in [3.05, 3.63) is 12.2 Å². The summed E-state index contributed by atoms with van der Waals surface area (Å²) < 4.78 is 10.7. The van der Waals surface area contributed by atoms with Crippen LogP contribution in [0.2, 0.25) is 0 Å². The number of aliphatic hydroxyl groups is 2. The molecular formula is C52H100N4O8. The Hall–Kier alpha value is -2.86. The van der Waals surface area contributed by atoms with Gasteiger partial charge in [0.25, 0.3) is 0 Å². The summed E-state index contributed by atoms with van der Waals surface area (Å²) in [6.45, 7) is 15.2. The van der Waals surface area contributed by atoms with Gasteiger partial charge in [0.05, 0.1) is 12.1 Å². The monoisotopic (exact) mass is 909 g/mol. The van der Waals surface area contributed by atoms with Crippen LogP contribution in [0.15, 0.2) is 12.2 Å². The van der Waals surface area contributed by atoms with E-state index in [0.717, 1.165) is 64.2 Å². The molecule has 0 aliphatic rings. The largest absolute Gasteiger partial charge is 0.444 e. The number of nitrogens with one attached hydrogen (secondary N) is 4. The van der Waals surface area contributed by atoms with E-state index in [9.17, 15) is 29.4 Å². The molecule has 0 bridgehead atoms. The first-order chi connectivity index (χ1) is 30.5. The van der Waals surface area contributed by atoms with Crippen molar-refractivity contribution in [3.63, 3.8) is 0 Å². The standard InChI is InChI=1S/C52H100N4O8/c1-9-11-13-15-17-19-21-23-24-25-27-29-31-33-35-40-46(58)55-44(47(59)45(57)39-34-32-30-28-26-22-20-18-16-14-12-10-2)42-54-48(60)43(56-50(62)64-52(6,7)8)38-36-37-41-53-49(61)63-51(3,4)5/h23-24,43-45,47,57,59H,9-22,25-42H2,1-8H3,(H,53,61)(H,54,60)(H,55,58)(H,56,62)/b24-23-/t43?,44-,45+,47-/m0/s1. The third-order valence-corrected chi connectivity index (χ3v) is 11.3. The second-order valence-electron chi connectivity index (χ2n) is 20.1. The van der Waals surface area contributed by atoms with Gasteiger partial charge in [-0.05, 0) is 99.3 Å². The molecule has 12 heteroatoms. The van der Waals surface area contributed by atoms with Gasteiger partial charge in [-0.3, -0.25) is 9.59 Å². The molecule has 0 aromatic heterocycles. The number of unbranched alkanes of at least 4 members (excludes halogenated alkanes) is 23. The molecule has 0 aromatic carbocycles. The number of allylic oxidation sites excluding steroid dienone is 2. The second kappa shape index (κ2) is 39.3. The van der Waals surface area contributed by atoms with Gasteiger partial charge in [-0.2, -0.15) is 0 Å². The van der Waals surface area contributed by atoms with E-state index in [2.05, 4.69) is 47.3 Å². The second-order valence-corrected chi connectivity index (χ2v) is 20.1. The van der Waals surface area contributed by atoms with Crippen molar-refractivity contribution in [1.82, 2.24) is 21.3 Å². The Labute approximate surface area is 391 Å². The zero-order valence-electron chi connectivity index (χ0n) is 42.4. The first-order valence-electron chi connectivity index (χ1n) is 26.0. The molecule has 4 amide bonds. The topological polar surface area (TPSA) is 175 Å². The molecule has 64 heavy (non-hydrogen) atoms.